The maximum absolute atomic E-state index is 10.3. The van der Waals surface area contributed by atoms with Crippen LogP contribution in [0.2, 0.25) is 0 Å². The topological polar surface area (TPSA) is 38.3 Å². The van der Waals surface area contributed by atoms with Crippen molar-refractivity contribution in [3.05, 3.63) is 0 Å². The minimum absolute atomic E-state index is 0. The van der Waals surface area contributed by atoms with E-state index in [9.17, 15) is 4.79 Å². The van der Waals surface area contributed by atoms with Gasteiger partial charge in [-0.3, -0.25) is 4.79 Å². The maximum atomic E-state index is 10.3. The lowest BCUT2D eigenvalue weighted by Gasteiger charge is -1.95. The molecular weight excluding hydrogens is 142 g/mol. The van der Waals surface area contributed by atoms with Gasteiger partial charge in [0.2, 0.25) is 0 Å². The molecule has 0 amide bonds. The van der Waals surface area contributed by atoms with Crippen LogP contribution in [0.15, 0.2) is 0 Å². The molecule has 0 unspecified atom stereocenters. The summed E-state index contributed by atoms with van der Waals surface area (Å²) in [6.07, 6.45) is 0.451. The van der Waals surface area contributed by atoms with E-state index < -0.39 is 0 Å². The molecule has 4 heteroatoms. The molecule has 0 aliphatic carbocycles. The molecule has 0 heterocycles. The molecule has 0 bridgehead atoms. The van der Waals surface area contributed by atoms with Crippen molar-refractivity contribution in [2.24, 2.45) is 0 Å². The molecule has 0 radical (unpaired) electrons. The fourth-order valence-corrected chi connectivity index (χ4v) is 0.329. The highest BCUT2D eigenvalue weighted by molar-refractivity contribution is 5.85. The van der Waals surface area contributed by atoms with Gasteiger partial charge in [-0.05, 0) is 7.05 Å². The quantitative estimate of drug-likeness (QED) is 0.589. The molecule has 0 aromatic carbocycles. The van der Waals surface area contributed by atoms with Gasteiger partial charge in [-0.15, -0.1) is 12.4 Å². The maximum Gasteiger partial charge on any atom is 0.306 e. The fraction of sp³-hybridized carbons (Fsp3) is 0.800. The highest BCUT2D eigenvalue weighted by Crippen LogP contribution is 1.78. The second-order valence-corrected chi connectivity index (χ2v) is 1.43. The zero-order valence-corrected chi connectivity index (χ0v) is 6.46. The monoisotopic (exact) mass is 153 g/mol. The second kappa shape index (κ2) is 7.72. The summed E-state index contributed by atoms with van der Waals surface area (Å²) in [5, 5.41) is 2.83. The number of hydrogen-bond donors (Lipinski definition) is 1. The van der Waals surface area contributed by atoms with Crippen LogP contribution in [-0.2, 0) is 9.53 Å². The van der Waals surface area contributed by atoms with Crippen molar-refractivity contribution in [2.75, 3.05) is 20.7 Å². The van der Waals surface area contributed by atoms with Gasteiger partial charge in [0.15, 0.2) is 0 Å². The lowest BCUT2D eigenvalue weighted by Crippen LogP contribution is -2.13. The highest BCUT2D eigenvalue weighted by Gasteiger charge is 1.94. The zero-order valence-electron chi connectivity index (χ0n) is 5.64. The molecule has 1 N–H and O–H groups in total. The minimum Gasteiger partial charge on any atom is -0.469 e. The Morgan fingerprint density at radius 3 is 2.56 bits per heavy atom. The molecule has 0 saturated heterocycles. The van der Waals surface area contributed by atoms with Gasteiger partial charge in [0.05, 0.1) is 13.5 Å². The van der Waals surface area contributed by atoms with Crippen LogP contribution in [0.3, 0.4) is 0 Å². The first kappa shape index (κ1) is 11.5. The van der Waals surface area contributed by atoms with Crippen molar-refractivity contribution in [1.82, 2.24) is 5.32 Å². The van der Waals surface area contributed by atoms with E-state index in [0.717, 1.165) is 0 Å². The fourth-order valence-electron chi connectivity index (χ4n) is 0.329. The van der Waals surface area contributed by atoms with Crippen LogP contribution in [-0.4, -0.2) is 26.7 Å². The molecule has 56 valence electrons. The first-order valence-corrected chi connectivity index (χ1v) is 2.52. The van der Waals surface area contributed by atoms with Gasteiger partial charge in [0.25, 0.3) is 0 Å². The summed E-state index contributed by atoms with van der Waals surface area (Å²) in [5.74, 6) is -0.167. The van der Waals surface area contributed by atoms with E-state index in [1.54, 1.807) is 7.05 Å². The number of carbonyl (C=O) groups excluding carboxylic acids is 1. The Morgan fingerprint density at radius 1 is 1.67 bits per heavy atom. The minimum atomic E-state index is -0.167. The largest absolute Gasteiger partial charge is 0.469 e. The number of rotatable bonds is 3. The first-order chi connectivity index (χ1) is 3.81. The van der Waals surface area contributed by atoms with E-state index in [1.807, 2.05) is 0 Å². The Balaban J connectivity index is 0. The number of carbonyl (C=O) groups is 1. The average molecular weight is 154 g/mol. The van der Waals surface area contributed by atoms with Crippen LogP contribution in [0.5, 0.6) is 0 Å². The highest BCUT2D eigenvalue weighted by atomic mass is 35.5. The van der Waals surface area contributed by atoms with Crippen molar-refractivity contribution < 1.29 is 9.53 Å². The van der Waals surface area contributed by atoms with Crippen molar-refractivity contribution in [3.8, 4) is 0 Å². The van der Waals surface area contributed by atoms with Crippen LogP contribution in [0.1, 0.15) is 6.42 Å². The molecule has 0 fully saturated rings. The average Bonchev–Trinajstić information content (AvgIpc) is 1.83. The van der Waals surface area contributed by atoms with E-state index in [4.69, 9.17) is 0 Å². The van der Waals surface area contributed by atoms with Gasteiger partial charge in [-0.2, -0.15) is 0 Å². The number of esters is 1. The summed E-state index contributed by atoms with van der Waals surface area (Å²) >= 11 is 0. The molecule has 0 spiro atoms. The van der Waals surface area contributed by atoms with Crippen molar-refractivity contribution in [2.45, 2.75) is 6.42 Å². The zero-order chi connectivity index (χ0) is 6.41. The van der Waals surface area contributed by atoms with Gasteiger partial charge < -0.3 is 10.1 Å². The molecular formula is C5H12ClNO2. The van der Waals surface area contributed by atoms with E-state index in [-0.39, 0.29) is 18.4 Å². The summed E-state index contributed by atoms with van der Waals surface area (Å²) in [4.78, 5) is 10.3. The third-order valence-electron chi connectivity index (χ3n) is 0.807. The molecule has 9 heavy (non-hydrogen) atoms. The number of nitrogens with one attached hydrogen (secondary N) is 1. The second-order valence-electron chi connectivity index (χ2n) is 1.43. The molecule has 0 aromatic heterocycles. The predicted molar refractivity (Wildman–Crippen MR) is 37.8 cm³/mol. The van der Waals surface area contributed by atoms with Crippen molar-refractivity contribution >= 4 is 18.4 Å². The number of halogens is 1. The third-order valence-corrected chi connectivity index (χ3v) is 0.807. The summed E-state index contributed by atoms with van der Waals surface area (Å²) in [6.45, 7) is 0.687. The SMILES string of the molecule is CNCCC(=O)OC.Cl. The number of ether oxygens (including phenoxy) is 1. The standard InChI is InChI=1S/C5H11NO2.ClH/c1-6-4-3-5(7)8-2;/h6H,3-4H2,1-2H3;1H. The number of methoxy groups -OCH3 is 1. The lowest BCUT2D eigenvalue weighted by molar-refractivity contribution is -0.140. The van der Waals surface area contributed by atoms with Gasteiger partial charge in [0, 0.05) is 6.54 Å². The lowest BCUT2D eigenvalue weighted by atomic mass is 10.4. The summed E-state index contributed by atoms with van der Waals surface area (Å²) in [5.41, 5.74) is 0. The van der Waals surface area contributed by atoms with E-state index in [1.165, 1.54) is 7.11 Å². The van der Waals surface area contributed by atoms with Crippen LogP contribution in [0.4, 0.5) is 0 Å². The van der Waals surface area contributed by atoms with Crippen molar-refractivity contribution in [1.29, 1.82) is 0 Å². The summed E-state index contributed by atoms with van der Waals surface area (Å²) in [6, 6.07) is 0. The predicted octanol–water partition coefficient (Wildman–Crippen LogP) is 0.191. The molecule has 0 aliphatic heterocycles. The molecule has 0 rings (SSSR count). The molecule has 0 aliphatic rings. The molecule has 0 saturated carbocycles. The molecule has 3 nitrogen and oxygen atoms in total. The van der Waals surface area contributed by atoms with Gasteiger partial charge in [-0.1, -0.05) is 0 Å². The Labute approximate surface area is 61.2 Å². The van der Waals surface area contributed by atoms with Gasteiger partial charge in [-0.25, -0.2) is 0 Å². The van der Waals surface area contributed by atoms with E-state index >= 15 is 0 Å². The van der Waals surface area contributed by atoms with E-state index in [2.05, 4.69) is 10.1 Å². The normalized spacial score (nSPS) is 7.78. The Hall–Kier alpha value is -0.280. The third kappa shape index (κ3) is 7.72. The summed E-state index contributed by atoms with van der Waals surface area (Å²) in [7, 11) is 3.18. The Kier molecular flexibility index (Phi) is 9.87. The first-order valence-electron chi connectivity index (χ1n) is 2.52. The smallest absolute Gasteiger partial charge is 0.306 e. The van der Waals surface area contributed by atoms with Crippen LogP contribution in [0, 0.1) is 0 Å². The summed E-state index contributed by atoms with van der Waals surface area (Å²) < 4.78 is 4.37. The molecule has 0 atom stereocenters. The van der Waals surface area contributed by atoms with E-state index in [0.29, 0.717) is 13.0 Å². The Morgan fingerprint density at radius 2 is 2.22 bits per heavy atom. The van der Waals surface area contributed by atoms with Crippen molar-refractivity contribution in [3.63, 3.8) is 0 Å². The Bertz CT molecular complexity index is 77.4. The van der Waals surface area contributed by atoms with Crippen LogP contribution >= 0.6 is 12.4 Å². The van der Waals surface area contributed by atoms with Gasteiger partial charge in [0.1, 0.15) is 0 Å². The van der Waals surface area contributed by atoms with Gasteiger partial charge >= 0.3 is 5.97 Å². The van der Waals surface area contributed by atoms with Crippen LogP contribution < -0.4 is 5.32 Å². The molecule has 0 aromatic rings. The number of hydrogen-bond acceptors (Lipinski definition) is 3. The van der Waals surface area contributed by atoms with Crippen LogP contribution in [0.25, 0.3) is 0 Å².